The number of aromatic amines is 2. The summed E-state index contributed by atoms with van der Waals surface area (Å²) in [5, 5.41) is 0.124. The third kappa shape index (κ3) is 3.16. The number of H-pyrrole nitrogens is 2. The Balaban J connectivity index is 0.000000148. The van der Waals surface area contributed by atoms with E-state index < -0.39 is 5.69 Å². The van der Waals surface area contributed by atoms with Gasteiger partial charge in [-0.15, -0.1) is 0 Å². The second-order valence-corrected chi connectivity index (χ2v) is 3.64. The van der Waals surface area contributed by atoms with Crippen LogP contribution < -0.4 is 17.2 Å². The van der Waals surface area contributed by atoms with Crippen LogP contribution in [0.1, 0.15) is 0 Å². The lowest BCUT2D eigenvalue weighted by Gasteiger charge is -1.92. The van der Waals surface area contributed by atoms with E-state index in [1.54, 1.807) is 0 Å². The zero-order valence-electron chi connectivity index (χ0n) is 9.46. The molecule has 98 valence electrons. The molecule has 0 aliphatic rings. The van der Waals surface area contributed by atoms with E-state index in [9.17, 15) is 4.79 Å². The molecule has 19 heavy (non-hydrogen) atoms. The highest BCUT2D eigenvalue weighted by atomic mass is 35.5. The van der Waals surface area contributed by atoms with Crippen LogP contribution >= 0.6 is 11.6 Å². The molecule has 0 saturated heterocycles. The Labute approximate surface area is 111 Å². The predicted octanol–water partition coefficient (Wildman–Crippen LogP) is -0.0594. The van der Waals surface area contributed by atoms with Gasteiger partial charge in [0.05, 0.1) is 6.33 Å². The first-order chi connectivity index (χ1) is 9.06. The molecule has 0 aliphatic carbocycles. The minimum Gasteiger partial charge on any atom is -0.383 e. The smallest absolute Gasteiger partial charge is 0.346 e. The van der Waals surface area contributed by atoms with Gasteiger partial charge in [-0.25, -0.2) is 9.78 Å². The number of rotatable bonds is 0. The van der Waals surface area contributed by atoms with Gasteiger partial charge in [0, 0.05) is 6.20 Å². The molecular weight excluding hydrogens is 272 g/mol. The largest absolute Gasteiger partial charge is 0.383 e. The van der Waals surface area contributed by atoms with Crippen LogP contribution in [0.4, 0.5) is 11.6 Å². The summed E-state index contributed by atoms with van der Waals surface area (Å²) in [7, 11) is 0. The molecule has 3 rings (SSSR count). The molecule has 6 N–H and O–H groups in total. The highest BCUT2D eigenvalue weighted by molar-refractivity contribution is 6.28. The topological polar surface area (TPSA) is 152 Å². The van der Waals surface area contributed by atoms with Gasteiger partial charge in [0.2, 0.25) is 5.28 Å². The number of hydrogen-bond donors (Lipinski definition) is 4. The quantitative estimate of drug-likeness (QED) is 0.421. The van der Waals surface area contributed by atoms with Gasteiger partial charge in [0.25, 0.3) is 0 Å². The molecule has 0 fully saturated rings. The van der Waals surface area contributed by atoms with Crippen molar-refractivity contribution in [1.82, 2.24) is 29.9 Å². The number of nitrogens with two attached hydrogens (primary N) is 2. The van der Waals surface area contributed by atoms with Crippen LogP contribution in [0, 0.1) is 0 Å². The zero-order chi connectivity index (χ0) is 13.8. The fraction of sp³-hybridized carbons (Fsp3) is 0. The Morgan fingerprint density at radius 3 is 2.58 bits per heavy atom. The SMILES string of the molecule is Nc1cc[nH]c(=O)n1.Nc1nc(Cl)nc2[nH]cnc12. The number of nitrogen functional groups attached to an aromatic ring is 2. The van der Waals surface area contributed by atoms with Gasteiger partial charge in [0.15, 0.2) is 11.5 Å². The lowest BCUT2D eigenvalue weighted by Crippen LogP contribution is -2.10. The van der Waals surface area contributed by atoms with E-state index in [0.29, 0.717) is 17.0 Å². The number of nitrogens with zero attached hydrogens (tertiary/aromatic N) is 4. The van der Waals surface area contributed by atoms with Crippen LogP contribution in [0.5, 0.6) is 0 Å². The first kappa shape index (κ1) is 12.8. The van der Waals surface area contributed by atoms with Crippen LogP contribution in [0.2, 0.25) is 5.28 Å². The normalized spacial score (nSPS) is 9.95. The maximum Gasteiger partial charge on any atom is 0.346 e. The number of halogens is 1. The van der Waals surface area contributed by atoms with Crippen molar-refractivity contribution in [2.24, 2.45) is 0 Å². The number of nitrogens with one attached hydrogen (secondary N) is 2. The Hall–Kier alpha value is -2.68. The van der Waals surface area contributed by atoms with Gasteiger partial charge in [-0.05, 0) is 17.7 Å². The van der Waals surface area contributed by atoms with Crippen molar-refractivity contribution in [2.45, 2.75) is 0 Å². The molecule has 0 saturated carbocycles. The zero-order valence-corrected chi connectivity index (χ0v) is 10.2. The fourth-order valence-electron chi connectivity index (χ4n) is 1.21. The molecule has 0 amide bonds. The van der Waals surface area contributed by atoms with Gasteiger partial charge in [0.1, 0.15) is 11.3 Å². The van der Waals surface area contributed by atoms with Gasteiger partial charge in [-0.1, -0.05) is 0 Å². The van der Waals surface area contributed by atoms with E-state index in [1.807, 2.05) is 0 Å². The van der Waals surface area contributed by atoms with E-state index in [2.05, 4.69) is 29.9 Å². The summed E-state index contributed by atoms with van der Waals surface area (Å²) in [6.45, 7) is 0. The highest BCUT2D eigenvalue weighted by Crippen LogP contribution is 2.14. The van der Waals surface area contributed by atoms with Crippen LogP contribution in [0.15, 0.2) is 23.4 Å². The second-order valence-electron chi connectivity index (χ2n) is 3.30. The lowest BCUT2D eigenvalue weighted by atomic mass is 10.5. The minimum absolute atomic E-state index is 0.124. The summed E-state index contributed by atoms with van der Waals surface area (Å²) in [5.41, 5.74) is 11.3. The van der Waals surface area contributed by atoms with Gasteiger partial charge in [-0.3, -0.25) is 0 Å². The van der Waals surface area contributed by atoms with E-state index in [0.717, 1.165) is 0 Å². The average Bonchev–Trinajstić information content (AvgIpc) is 2.77. The maximum absolute atomic E-state index is 10.2. The van der Waals surface area contributed by atoms with Crippen LogP contribution in [0.25, 0.3) is 11.2 Å². The summed E-state index contributed by atoms with van der Waals surface area (Å²) < 4.78 is 0. The number of imidazole rings is 1. The molecule has 3 aromatic heterocycles. The first-order valence-corrected chi connectivity index (χ1v) is 5.37. The van der Waals surface area contributed by atoms with Gasteiger partial charge >= 0.3 is 5.69 Å². The van der Waals surface area contributed by atoms with Crippen LogP contribution in [-0.2, 0) is 0 Å². The molecule has 0 spiro atoms. The van der Waals surface area contributed by atoms with Crippen molar-refractivity contribution in [1.29, 1.82) is 0 Å². The molecule has 0 aliphatic heterocycles. The van der Waals surface area contributed by atoms with Crippen molar-refractivity contribution in [3.63, 3.8) is 0 Å². The number of anilines is 2. The fourth-order valence-corrected chi connectivity index (χ4v) is 1.39. The van der Waals surface area contributed by atoms with E-state index >= 15 is 0 Å². The summed E-state index contributed by atoms with van der Waals surface area (Å²) in [6.07, 6.45) is 2.94. The van der Waals surface area contributed by atoms with Crippen molar-refractivity contribution in [2.75, 3.05) is 11.5 Å². The van der Waals surface area contributed by atoms with E-state index in [1.165, 1.54) is 18.6 Å². The molecule has 10 heteroatoms. The molecule has 0 unspecified atom stereocenters. The molecule has 3 heterocycles. The lowest BCUT2D eigenvalue weighted by molar-refractivity contribution is 1.08. The number of fused-ring (bicyclic) bond motifs is 1. The number of aromatic nitrogens is 6. The summed E-state index contributed by atoms with van der Waals surface area (Å²) >= 11 is 5.53. The monoisotopic (exact) mass is 280 g/mol. The third-order valence-corrected chi connectivity index (χ3v) is 2.14. The summed E-state index contributed by atoms with van der Waals surface area (Å²) in [5.74, 6) is 0.537. The molecular formula is C9H9ClN8O. The Bertz CT molecular complexity index is 751. The molecule has 0 radical (unpaired) electrons. The molecule has 0 atom stereocenters. The highest BCUT2D eigenvalue weighted by Gasteiger charge is 2.04. The van der Waals surface area contributed by atoms with Crippen LogP contribution in [-0.4, -0.2) is 29.9 Å². The average molecular weight is 281 g/mol. The molecule has 0 bridgehead atoms. The van der Waals surface area contributed by atoms with Gasteiger partial charge in [-0.2, -0.15) is 15.0 Å². The van der Waals surface area contributed by atoms with E-state index in [4.69, 9.17) is 23.1 Å². The second kappa shape index (κ2) is 5.31. The summed E-state index contributed by atoms with van der Waals surface area (Å²) in [4.78, 5) is 30.2. The van der Waals surface area contributed by atoms with Crippen molar-refractivity contribution >= 4 is 34.4 Å². The predicted molar refractivity (Wildman–Crippen MR) is 70.4 cm³/mol. The summed E-state index contributed by atoms with van der Waals surface area (Å²) in [6, 6.07) is 1.52. The minimum atomic E-state index is -0.412. The van der Waals surface area contributed by atoms with Gasteiger partial charge < -0.3 is 21.4 Å². The van der Waals surface area contributed by atoms with Crippen molar-refractivity contribution in [3.05, 3.63) is 34.4 Å². The Morgan fingerprint density at radius 1 is 1.16 bits per heavy atom. The van der Waals surface area contributed by atoms with Crippen molar-refractivity contribution < 1.29 is 0 Å². The number of hydrogen-bond acceptors (Lipinski definition) is 7. The maximum atomic E-state index is 10.2. The molecule has 3 aromatic rings. The third-order valence-electron chi connectivity index (χ3n) is 1.97. The van der Waals surface area contributed by atoms with E-state index in [-0.39, 0.29) is 11.1 Å². The Morgan fingerprint density at radius 2 is 1.95 bits per heavy atom. The standard InChI is InChI=1S/C5H4ClN5.C4H5N3O/c6-5-10-3(7)2-4(11-5)9-1-8-2;5-3-1-2-6-4(8)7-3/h1H,(H3,7,8,9,10,11);1-2H,(H3,5,6,7,8). The first-order valence-electron chi connectivity index (χ1n) is 4.99. The molecule has 0 aromatic carbocycles. The van der Waals surface area contributed by atoms with Crippen molar-refractivity contribution in [3.8, 4) is 0 Å². The Kier molecular flexibility index (Phi) is 3.57. The van der Waals surface area contributed by atoms with Crippen LogP contribution in [0.3, 0.4) is 0 Å². The molecule has 9 nitrogen and oxygen atoms in total.